The molecule has 0 aliphatic carbocycles. The molecule has 1 aliphatic rings. The minimum atomic E-state index is 0.0367. The van der Waals surface area contributed by atoms with Crippen LogP contribution in [0.2, 0.25) is 5.02 Å². The van der Waals surface area contributed by atoms with Crippen LogP contribution < -0.4 is 5.32 Å². The molecule has 0 spiro atoms. The lowest BCUT2D eigenvalue weighted by atomic mass is 9.98. The molecule has 2 aromatic carbocycles. The van der Waals surface area contributed by atoms with Gasteiger partial charge in [0.25, 0.3) is 0 Å². The van der Waals surface area contributed by atoms with Gasteiger partial charge in [0.05, 0.1) is 11.0 Å². The zero-order valence-electron chi connectivity index (χ0n) is 13.0. The molecule has 2 nitrogen and oxygen atoms in total. The van der Waals surface area contributed by atoms with Crippen LogP contribution in [-0.4, -0.2) is 11.7 Å². The molecule has 0 fully saturated rings. The highest BCUT2D eigenvalue weighted by Gasteiger charge is 2.25. The molecule has 0 radical (unpaired) electrons. The van der Waals surface area contributed by atoms with Gasteiger partial charge in [-0.15, -0.1) is 11.8 Å². The summed E-state index contributed by atoms with van der Waals surface area (Å²) < 4.78 is 0. The Morgan fingerprint density at radius 1 is 1.14 bits per heavy atom. The van der Waals surface area contributed by atoms with Gasteiger partial charge in [0.2, 0.25) is 5.91 Å². The molecule has 116 valence electrons. The molecule has 3 rings (SSSR count). The number of nitrogens with one attached hydrogen (secondary N) is 1. The highest BCUT2D eigenvalue weighted by atomic mass is 35.5. The van der Waals surface area contributed by atoms with Gasteiger partial charge in [-0.25, -0.2) is 0 Å². The van der Waals surface area contributed by atoms with Crippen LogP contribution >= 0.6 is 23.4 Å². The monoisotopic (exact) mass is 333 g/mol. The topological polar surface area (TPSA) is 29.1 Å². The van der Waals surface area contributed by atoms with Gasteiger partial charge in [-0.1, -0.05) is 49.7 Å². The molecule has 0 aromatic heterocycles. The predicted molar refractivity (Wildman–Crippen MR) is 96.9 cm³/mol. The molecule has 1 atom stereocenters. The summed E-state index contributed by atoms with van der Waals surface area (Å²) >= 11 is 7.78. The van der Waals surface area contributed by atoms with E-state index in [0.29, 0.717) is 10.8 Å². The van der Waals surface area contributed by atoms with Gasteiger partial charge in [-0.3, -0.25) is 4.79 Å². The van der Waals surface area contributed by atoms with Crippen molar-refractivity contribution in [3.63, 3.8) is 0 Å². The third kappa shape index (κ3) is 3.65. The number of hydrogen-bond acceptors (Lipinski definition) is 2. The third-order valence-electron chi connectivity index (χ3n) is 3.42. The lowest BCUT2D eigenvalue weighted by Crippen LogP contribution is -2.12. The normalized spacial score (nSPS) is 16.7. The van der Waals surface area contributed by atoms with Crippen LogP contribution in [0, 0.1) is 6.92 Å². The summed E-state index contributed by atoms with van der Waals surface area (Å²) in [5.74, 6) is 0.486. The Morgan fingerprint density at radius 3 is 2.59 bits per heavy atom. The van der Waals surface area contributed by atoms with E-state index in [1.165, 1.54) is 11.1 Å². The largest absolute Gasteiger partial charge is 0.325 e. The minimum absolute atomic E-state index is 0.0367. The first-order valence-electron chi connectivity index (χ1n) is 7.41. The van der Waals surface area contributed by atoms with E-state index in [0.717, 1.165) is 11.3 Å². The van der Waals surface area contributed by atoms with Gasteiger partial charge < -0.3 is 5.32 Å². The number of benzene rings is 2. The van der Waals surface area contributed by atoms with E-state index in [9.17, 15) is 4.79 Å². The molecule has 0 saturated heterocycles. The van der Waals surface area contributed by atoms with Crippen LogP contribution in [-0.2, 0) is 4.79 Å². The van der Waals surface area contributed by atoms with E-state index in [1.807, 2.05) is 44.2 Å². The average Bonchev–Trinajstić information content (AvgIpc) is 2.68. The lowest BCUT2D eigenvalue weighted by molar-refractivity contribution is -0.113. The number of fused-ring (bicyclic) bond motifs is 1. The zero-order chi connectivity index (χ0) is 16.1. The number of carbonyl (C=O) groups is 1. The van der Waals surface area contributed by atoms with Crippen molar-refractivity contribution >= 4 is 35.0 Å². The van der Waals surface area contributed by atoms with E-state index in [-0.39, 0.29) is 11.2 Å². The van der Waals surface area contributed by atoms with Crippen molar-refractivity contribution in [2.75, 3.05) is 11.1 Å². The Labute approximate surface area is 141 Å². The number of anilines is 1. The molecular formula is C18H20ClNOS. The minimum Gasteiger partial charge on any atom is -0.325 e. The van der Waals surface area contributed by atoms with Crippen molar-refractivity contribution in [3.8, 4) is 0 Å². The van der Waals surface area contributed by atoms with E-state index in [4.69, 9.17) is 11.6 Å². The van der Waals surface area contributed by atoms with Crippen LogP contribution in [0.4, 0.5) is 5.69 Å². The number of halogens is 1. The summed E-state index contributed by atoms with van der Waals surface area (Å²) in [5, 5.41) is 3.77. The van der Waals surface area contributed by atoms with Gasteiger partial charge in [0.15, 0.2) is 0 Å². The number of rotatable bonds is 1. The molecule has 2 aromatic rings. The Hall–Kier alpha value is -1.45. The Morgan fingerprint density at radius 2 is 1.86 bits per heavy atom. The molecule has 0 bridgehead atoms. The molecule has 1 unspecified atom stereocenters. The number of carbonyl (C=O) groups excluding carboxylic acids is 1. The van der Waals surface area contributed by atoms with Crippen LogP contribution in [0.3, 0.4) is 0 Å². The average molecular weight is 334 g/mol. The van der Waals surface area contributed by atoms with Gasteiger partial charge >= 0.3 is 0 Å². The zero-order valence-corrected chi connectivity index (χ0v) is 14.6. The van der Waals surface area contributed by atoms with Crippen molar-refractivity contribution in [2.45, 2.75) is 26.0 Å². The van der Waals surface area contributed by atoms with Gasteiger partial charge in [0, 0.05) is 10.7 Å². The van der Waals surface area contributed by atoms with Crippen LogP contribution in [0.25, 0.3) is 0 Å². The van der Waals surface area contributed by atoms with Crippen molar-refractivity contribution in [1.29, 1.82) is 0 Å². The summed E-state index contributed by atoms with van der Waals surface area (Å²) in [6, 6.07) is 13.9. The molecule has 1 N–H and O–H groups in total. The second kappa shape index (κ2) is 7.70. The molecule has 4 heteroatoms. The van der Waals surface area contributed by atoms with Gasteiger partial charge in [-0.05, 0) is 41.8 Å². The first-order chi connectivity index (χ1) is 10.6. The number of amides is 1. The summed E-state index contributed by atoms with van der Waals surface area (Å²) in [7, 11) is 0. The van der Waals surface area contributed by atoms with Gasteiger partial charge in [-0.2, -0.15) is 0 Å². The summed E-state index contributed by atoms with van der Waals surface area (Å²) in [4.78, 5) is 11.8. The molecule has 0 saturated carbocycles. The van der Waals surface area contributed by atoms with Crippen LogP contribution in [0.15, 0.2) is 42.5 Å². The quantitative estimate of drug-likeness (QED) is 0.751. The number of aryl methyl sites for hydroxylation is 1. The second-order valence-electron chi connectivity index (χ2n) is 4.83. The molecular weight excluding hydrogens is 314 g/mol. The summed E-state index contributed by atoms with van der Waals surface area (Å²) in [6.45, 7) is 6.10. The third-order valence-corrected chi connectivity index (χ3v) is 4.93. The van der Waals surface area contributed by atoms with E-state index >= 15 is 0 Å². The SMILES string of the molecule is CC.Cc1ccccc1C1SCC(=O)Nc2ccc(Cl)cc21. The molecule has 1 aliphatic heterocycles. The highest BCUT2D eigenvalue weighted by Crippen LogP contribution is 2.43. The maximum atomic E-state index is 11.8. The standard InChI is InChI=1S/C16H14ClNOS.C2H6/c1-10-4-2-3-5-12(10)16-13-8-11(17)6-7-14(13)18-15(19)9-20-16;1-2/h2-8,16H,9H2,1H3,(H,18,19);1-2H3. The van der Waals surface area contributed by atoms with Crippen LogP contribution in [0.5, 0.6) is 0 Å². The van der Waals surface area contributed by atoms with E-state index < -0.39 is 0 Å². The van der Waals surface area contributed by atoms with Crippen molar-refractivity contribution in [1.82, 2.24) is 0 Å². The van der Waals surface area contributed by atoms with E-state index in [2.05, 4.69) is 24.4 Å². The maximum Gasteiger partial charge on any atom is 0.234 e. The Bertz CT molecular complexity index is 672. The fourth-order valence-corrected chi connectivity index (χ4v) is 3.83. The van der Waals surface area contributed by atoms with Crippen LogP contribution in [0.1, 0.15) is 35.8 Å². The fourth-order valence-electron chi connectivity index (χ4n) is 2.44. The van der Waals surface area contributed by atoms with Gasteiger partial charge in [0.1, 0.15) is 0 Å². The smallest absolute Gasteiger partial charge is 0.234 e. The highest BCUT2D eigenvalue weighted by molar-refractivity contribution is 8.00. The van der Waals surface area contributed by atoms with Crippen molar-refractivity contribution in [3.05, 3.63) is 64.2 Å². The first kappa shape index (κ1) is 16.9. The summed E-state index contributed by atoms with van der Waals surface area (Å²) in [6.07, 6.45) is 0. The van der Waals surface area contributed by atoms with Crippen molar-refractivity contribution in [2.24, 2.45) is 0 Å². The molecule has 22 heavy (non-hydrogen) atoms. The molecule has 1 heterocycles. The molecule has 1 amide bonds. The first-order valence-corrected chi connectivity index (χ1v) is 8.84. The lowest BCUT2D eigenvalue weighted by Gasteiger charge is -2.19. The second-order valence-corrected chi connectivity index (χ2v) is 6.36. The number of hydrogen-bond donors (Lipinski definition) is 1. The predicted octanol–water partition coefficient (Wildman–Crippen LogP) is 5.45. The maximum absolute atomic E-state index is 11.8. The number of thioether (sulfide) groups is 1. The van der Waals surface area contributed by atoms with Crippen molar-refractivity contribution < 1.29 is 4.79 Å². The van der Waals surface area contributed by atoms with E-state index in [1.54, 1.807) is 11.8 Å². The Kier molecular flexibility index (Phi) is 5.92. The Balaban J connectivity index is 0.000000847. The fraction of sp³-hybridized carbons (Fsp3) is 0.278. The summed E-state index contributed by atoms with van der Waals surface area (Å²) in [5.41, 5.74) is 4.39.